The van der Waals surface area contributed by atoms with Gasteiger partial charge in [-0.05, 0) is 55.2 Å². The van der Waals surface area contributed by atoms with Crippen molar-refractivity contribution in [2.45, 2.75) is 32.2 Å². The Kier molecular flexibility index (Phi) is 7.09. The Morgan fingerprint density at radius 3 is 2.46 bits per heavy atom. The third-order valence-corrected chi connectivity index (χ3v) is 5.52. The highest BCUT2D eigenvalue weighted by Crippen LogP contribution is 2.19. The number of rotatable bonds is 6. The number of nitrogens with zero attached hydrogens (tertiary/aromatic N) is 1. The van der Waals surface area contributed by atoms with Gasteiger partial charge in [0.1, 0.15) is 5.75 Å². The summed E-state index contributed by atoms with van der Waals surface area (Å²) in [6.07, 6.45) is 2.37. The summed E-state index contributed by atoms with van der Waals surface area (Å²) in [6.45, 7) is 3.37. The van der Waals surface area contributed by atoms with Gasteiger partial charge in [-0.15, -0.1) is 0 Å². The van der Waals surface area contributed by atoms with E-state index in [-0.39, 0.29) is 24.5 Å². The van der Waals surface area contributed by atoms with Crippen LogP contribution >= 0.6 is 15.9 Å². The van der Waals surface area contributed by atoms with Crippen molar-refractivity contribution < 1.29 is 14.3 Å². The molecule has 1 fully saturated rings. The SMILES string of the molecule is CCc1ccccc1OCC(=O)N1CCC(NC(=O)c2ccc(Br)cc2)CC1. The van der Waals surface area contributed by atoms with Crippen molar-refractivity contribution in [1.29, 1.82) is 0 Å². The molecule has 0 radical (unpaired) electrons. The normalized spacial score (nSPS) is 14.6. The van der Waals surface area contributed by atoms with E-state index in [9.17, 15) is 9.59 Å². The van der Waals surface area contributed by atoms with Crippen LogP contribution in [-0.4, -0.2) is 42.5 Å². The first kappa shape index (κ1) is 20.4. The molecular formula is C22H25BrN2O3. The van der Waals surface area contributed by atoms with Crippen LogP contribution < -0.4 is 10.1 Å². The number of carbonyl (C=O) groups is 2. The van der Waals surface area contributed by atoms with Crippen molar-refractivity contribution in [3.8, 4) is 5.75 Å². The minimum Gasteiger partial charge on any atom is -0.483 e. The highest BCUT2D eigenvalue weighted by Gasteiger charge is 2.24. The summed E-state index contributed by atoms with van der Waals surface area (Å²) in [5.74, 6) is 0.690. The lowest BCUT2D eigenvalue weighted by Gasteiger charge is -2.32. The molecule has 0 aliphatic carbocycles. The fourth-order valence-corrected chi connectivity index (χ4v) is 3.58. The average molecular weight is 445 g/mol. The Labute approximate surface area is 174 Å². The summed E-state index contributed by atoms with van der Waals surface area (Å²) in [4.78, 5) is 26.6. The van der Waals surface area contributed by atoms with Crippen molar-refractivity contribution >= 4 is 27.7 Å². The number of piperidine rings is 1. The first-order chi connectivity index (χ1) is 13.6. The van der Waals surface area contributed by atoms with E-state index >= 15 is 0 Å². The van der Waals surface area contributed by atoms with E-state index in [0.717, 1.165) is 35.0 Å². The summed E-state index contributed by atoms with van der Waals surface area (Å²) < 4.78 is 6.68. The molecule has 3 rings (SSSR count). The first-order valence-corrected chi connectivity index (χ1v) is 10.4. The number of aryl methyl sites for hydroxylation is 1. The van der Waals surface area contributed by atoms with Gasteiger partial charge < -0.3 is 15.0 Å². The second-order valence-electron chi connectivity index (χ2n) is 6.89. The molecule has 1 N–H and O–H groups in total. The Morgan fingerprint density at radius 2 is 1.79 bits per heavy atom. The number of benzene rings is 2. The van der Waals surface area contributed by atoms with Crippen LogP contribution in [0.25, 0.3) is 0 Å². The second-order valence-corrected chi connectivity index (χ2v) is 7.80. The van der Waals surface area contributed by atoms with Crippen molar-refractivity contribution in [2.75, 3.05) is 19.7 Å². The van der Waals surface area contributed by atoms with Crippen molar-refractivity contribution in [1.82, 2.24) is 10.2 Å². The van der Waals surface area contributed by atoms with Crippen LogP contribution in [0, 0.1) is 0 Å². The molecule has 1 heterocycles. The molecule has 2 aromatic rings. The highest BCUT2D eigenvalue weighted by atomic mass is 79.9. The van der Waals surface area contributed by atoms with Gasteiger partial charge in [0.05, 0.1) is 0 Å². The van der Waals surface area contributed by atoms with Crippen molar-refractivity contribution in [3.05, 3.63) is 64.1 Å². The third-order valence-electron chi connectivity index (χ3n) is 4.99. The number of amides is 2. The number of hydrogen-bond donors (Lipinski definition) is 1. The van der Waals surface area contributed by atoms with E-state index in [1.807, 2.05) is 41.3 Å². The first-order valence-electron chi connectivity index (χ1n) is 9.61. The topological polar surface area (TPSA) is 58.6 Å². The lowest BCUT2D eigenvalue weighted by Crippen LogP contribution is -2.47. The van der Waals surface area contributed by atoms with Gasteiger partial charge in [0.15, 0.2) is 6.61 Å². The monoisotopic (exact) mass is 444 g/mol. The van der Waals surface area contributed by atoms with Gasteiger partial charge in [-0.3, -0.25) is 9.59 Å². The molecule has 28 heavy (non-hydrogen) atoms. The zero-order chi connectivity index (χ0) is 19.9. The van der Waals surface area contributed by atoms with Crippen molar-refractivity contribution in [3.63, 3.8) is 0 Å². The molecule has 0 saturated carbocycles. The van der Waals surface area contributed by atoms with Crippen LogP contribution in [0.15, 0.2) is 53.0 Å². The maximum absolute atomic E-state index is 12.5. The Bertz CT molecular complexity index is 815. The molecule has 0 bridgehead atoms. The van der Waals surface area contributed by atoms with Gasteiger partial charge in [0, 0.05) is 29.2 Å². The fraction of sp³-hybridized carbons (Fsp3) is 0.364. The number of nitrogens with one attached hydrogen (secondary N) is 1. The van der Waals surface area contributed by atoms with Gasteiger partial charge in [0.2, 0.25) is 0 Å². The molecule has 5 nitrogen and oxygen atoms in total. The second kappa shape index (κ2) is 9.73. The summed E-state index contributed by atoms with van der Waals surface area (Å²) >= 11 is 3.37. The maximum Gasteiger partial charge on any atom is 0.260 e. The number of halogens is 1. The van der Waals surface area contributed by atoms with Gasteiger partial charge in [0.25, 0.3) is 11.8 Å². The molecule has 0 aromatic heterocycles. The van der Waals surface area contributed by atoms with E-state index in [2.05, 4.69) is 28.2 Å². The summed E-state index contributed by atoms with van der Waals surface area (Å²) in [6, 6.07) is 15.2. The van der Waals surface area contributed by atoms with Crippen LogP contribution in [0.5, 0.6) is 5.75 Å². The zero-order valence-corrected chi connectivity index (χ0v) is 17.6. The molecule has 2 aromatic carbocycles. The quantitative estimate of drug-likeness (QED) is 0.736. The minimum atomic E-state index is -0.0724. The molecule has 1 aliphatic rings. The summed E-state index contributed by atoms with van der Waals surface area (Å²) in [5, 5.41) is 3.06. The predicted octanol–water partition coefficient (Wildman–Crippen LogP) is 3.81. The molecule has 1 aliphatic heterocycles. The number of likely N-dealkylation sites (tertiary alicyclic amines) is 1. The lowest BCUT2D eigenvalue weighted by molar-refractivity contribution is -0.134. The predicted molar refractivity (Wildman–Crippen MR) is 113 cm³/mol. The highest BCUT2D eigenvalue weighted by molar-refractivity contribution is 9.10. The number of para-hydroxylation sites is 1. The Morgan fingerprint density at radius 1 is 1.11 bits per heavy atom. The van der Waals surface area contributed by atoms with Crippen LogP contribution in [0.3, 0.4) is 0 Å². The smallest absolute Gasteiger partial charge is 0.260 e. The number of ether oxygens (including phenoxy) is 1. The molecule has 0 atom stereocenters. The summed E-state index contributed by atoms with van der Waals surface area (Å²) in [5.41, 5.74) is 1.74. The average Bonchev–Trinajstić information content (AvgIpc) is 2.73. The summed E-state index contributed by atoms with van der Waals surface area (Å²) in [7, 11) is 0. The Balaban J connectivity index is 1.45. The van der Waals surface area contributed by atoms with Gasteiger partial charge >= 0.3 is 0 Å². The standard InChI is InChI=1S/C22H25BrN2O3/c1-2-16-5-3-4-6-20(16)28-15-21(26)25-13-11-19(12-14-25)24-22(27)17-7-9-18(23)10-8-17/h3-10,19H,2,11-15H2,1H3,(H,24,27). The fourth-order valence-electron chi connectivity index (χ4n) is 3.31. The van der Waals surface area contributed by atoms with Crippen molar-refractivity contribution in [2.24, 2.45) is 0 Å². The van der Waals surface area contributed by atoms with Crippen LogP contribution in [0.1, 0.15) is 35.7 Å². The van der Waals surface area contributed by atoms with Crippen LogP contribution in [-0.2, 0) is 11.2 Å². The molecule has 148 valence electrons. The molecule has 0 spiro atoms. The van der Waals surface area contributed by atoms with Crippen LogP contribution in [0.2, 0.25) is 0 Å². The number of carbonyl (C=O) groups excluding carboxylic acids is 2. The van der Waals surface area contributed by atoms with Gasteiger partial charge in [-0.25, -0.2) is 0 Å². The molecule has 1 saturated heterocycles. The Hall–Kier alpha value is -2.34. The minimum absolute atomic E-state index is 0.0106. The maximum atomic E-state index is 12.5. The van der Waals surface area contributed by atoms with E-state index < -0.39 is 0 Å². The largest absolute Gasteiger partial charge is 0.483 e. The van der Waals surface area contributed by atoms with E-state index in [4.69, 9.17) is 4.74 Å². The number of hydrogen-bond acceptors (Lipinski definition) is 3. The molecule has 2 amide bonds. The van der Waals surface area contributed by atoms with Crippen LogP contribution in [0.4, 0.5) is 0 Å². The molecule has 6 heteroatoms. The van der Waals surface area contributed by atoms with E-state index in [1.54, 1.807) is 12.1 Å². The molecule has 0 unspecified atom stereocenters. The zero-order valence-electron chi connectivity index (χ0n) is 16.0. The molecular weight excluding hydrogens is 420 g/mol. The van der Waals surface area contributed by atoms with Gasteiger partial charge in [-0.2, -0.15) is 0 Å². The lowest BCUT2D eigenvalue weighted by atomic mass is 10.0. The van der Waals surface area contributed by atoms with E-state index in [1.165, 1.54) is 0 Å². The third kappa shape index (κ3) is 5.35. The van der Waals surface area contributed by atoms with Gasteiger partial charge in [-0.1, -0.05) is 41.1 Å². The van der Waals surface area contributed by atoms with E-state index in [0.29, 0.717) is 18.7 Å².